The first-order valence-corrected chi connectivity index (χ1v) is 11.8. The summed E-state index contributed by atoms with van der Waals surface area (Å²) in [6.07, 6.45) is 1.87. The van der Waals surface area contributed by atoms with Crippen LogP contribution < -0.4 is 14.2 Å². The molecule has 184 valence electrons. The number of amides is 1. The summed E-state index contributed by atoms with van der Waals surface area (Å²) in [5, 5.41) is 0.811. The number of nitrogens with zero attached hydrogens (tertiary/aromatic N) is 2. The number of aromatic nitrogens is 1. The molecule has 1 heterocycles. The van der Waals surface area contributed by atoms with E-state index in [0.29, 0.717) is 34.8 Å². The minimum Gasteiger partial charge on any atom is -0.497 e. The van der Waals surface area contributed by atoms with E-state index in [4.69, 9.17) is 19.2 Å². The van der Waals surface area contributed by atoms with Gasteiger partial charge < -0.3 is 19.1 Å². The molecule has 0 bridgehead atoms. The highest BCUT2D eigenvalue weighted by atomic mass is 19.1. The van der Waals surface area contributed by atoms with Crippen LogP contribution in [0.15, 0.2) is 66.7 Å². The summed E-state index contributed by atoms with van der Waals surface area (Å²) in [4.78, 5) is 20.5. The maximum absolute atomic E-state index is 14.0. The van der Waals surface area contributed by atoms with Gasteiger partial charge in [-0.2, -0.15) is 0 Å². The smallest absolute Gasteiger partial charge is 0.258 e. The Morgan fingerprint density at radius 1 is 0.972 bits per heavy atom. The summed E-state index contributed by atoms with van der Waals surface area (Å²) in [6, 6.07) is 19.6. The summed E-state index contributed by atoms with van der Waals surface area (Å²) in [5.74, 6) is 1.18. The molecule has 1 aromatic heterocycles. The lowest BCUT2D eigenvalue weighted by Gasteiger charge is -2.25. The monoisotopic (exact) mass is 486 g/mol. The van der Waals surface area contributed by atoms with Gasteiger partial charge in [-0.25, -0.2) is 9.37 Å². The van der Waals surface area contributed by atoms with E-state index in [1.54, 1.807) is 38.5 Å². The van der Waals surface area contributed by atoms with Crippen LogP contribution in [0.25, 0.3) is 22.2 Å². The molecule has 3 aromatic carbocycles. The van der Waals surface area contributed by atoms with Crippen molar-refractivity contribution in [3.63, 3.8) is 0 Å². The zero-order valence-corrected chi connectivity index (χ0v) is 20.5. The summed E-state index contributed by atoms with van der Waals surface area (Å²) < 4.78 is 30.2. The molecule has 1 aliphatic rings. The van der Waals surface area contributed by atoms with Crippen LogP contribution in [-0.2, 0) is 6.54 Å². The molecule has 0 spiro atoms. The normalized spacial score (nSPS) is 12.9. The first-order chi connectivity index (χ1) is 17.5. The number of ether oxygens (including phenoxy) is 3. The lowest BCUT2D eigenvalue weighted by atomic mass is 10.0. The zero-order chi connectivity index (χ0) is 25.2. The average Bonchev–Trinajstić information content (AvgIpc) is 3.76. The molecule has 0 unspecified atom stereocenters. The number of pyridine rings is 1. The van der Waals surface area contributed by atoms with Crippen molar-refractivity contribution in [3.8, 4) is 28.5 Å². The van der Waals surface area contributed by atoms with Gasteiger partial charge in [-0.1, -0.05) is 6.07 Å². The van der Waals surface area contributed by atoms with Gasteiger partial charge in [-0.15, -0.1) is 0 Å². The quantitative estimate of drug-likeness (QED) is 0.312. The predicted molar refractivity (Wildman–Crippen MR) is 136 cm³/mol. The van der Waals surface area contributed by atoms with Gasteiger partial charge in [0.2, 0.25) is 0 Å². The highest BCUT2D eigenvalue weighted by Crippen LogP contribution is 2.37. The van der Waals surface area contributed by atoms with Crippen molar-refractivity contribution in [2.75, 3.05) is 21.3 Å². The number of benzene rings is 3. The Kier molecular flexibility index (Phi) is 6.46. The van der Waals surface area contributed by atoms with Crippen LogP contribution in [0.3, 0.4) is 0 Å². The molecule has 0 atom stereocenters. The van der Waals surface area contributed by atoms with Crippen molar-refractivity contribution in [1.29, 1.82) is 0 Å². The second kappa shape index (κ2) is 9.85. The Balaban J connectivity index is 1.59. The lowest BCUT2D eigenvalue weighted by Crippen LogP contribution is -2.33. The number of halogens is 1. The maximum atomic E-state index is 14.0. The first kappa shape index (κ1) is 23.6. The molecule has 7 heteroatoms. The highest BCUT2D eigenvalue weighted by molar-refractivity contribution is 5.98. The third-order valence-electron chi connectivity index (χ3n) is 6.44. The van der Waals surface area contributed by atoms with Gasteiger partial charge >= 0.3 is 0 Å². The van der Waals surface area contributed by atoms with E-state index in [-0.39, 0.29) is 17.8 Å². The summed E-state index contributed by atoms with van der Waals surface area (Å²) in [6.45, 7) is 0.353. The first-order valence-electron chi connectivity index (χ1n) is 11.8. The zero-order valence-electron chi connectivity index (χ0n) is 20.5. The number of carbonyl (C=O) groups is 1. The van der Waals surface area contributed by atoms with E-state index in [9.17, 15) is 9.18 Å². The minimum atomic E-state index is -0.344. The molecule has 6 nitrogen and oxygen atoms in total. The van der Waals surface area contributed by atoms with Gasteiger partial charge in [0, 0.05) is 29.6 Å². The third-order valence-corrected chi connectivity index (χ3v) is 6.44. The number of fused-ring (bicyclic) bond motifs is 1. The summed E-state index contributed by atoms with van der Waals surface area (Å²) in [5.41, 5.74) is 3.45. The number of carbonyl (C=O) groups excluding carboxylic acids is 1. The second-order valence-electron chi connectivity index (χ2n) is 8.77. The van der Waals surface area contributed by atoms with Crippen LogP contribution in [0.5, 0.6) is 17.2 Å². The average molecular weight is 487 g/mol. The van der Waals surface area contributed by atoms with Crippen LogP contribution in [0.4, 0.5) is 4.39 Å². The number of methoxy groups -OCH3 is 3. The molecule has 4 aromatic rings. The number of hydrogen-bond donors (Lipinski definition) is 0. The molecule has 5 rings (SSSR count). The van der Waals surface area contributed by atoms with Crippen LogP contribution in [0.1, 0.15) is 28.8 Å². The van der Waals surface area contributed by atoms with Crippen LogP contribution >= 0.6 is 0 Å². The van der Waals surface area contributed by atoms with Crippen molar-refractivity contribution < 1.29 is 23.4 Å². The Morgan fingerprint density at radius 2 is 1.75 bits per heavy atom. The van der Waals surface area contributed by atoms with Gasteiger partial charge in [0.05, 0.1) is 38.1 Å². The van der Waals surface area contributed by atoms with Crippen LogP contribution in [0.2, 0.25) is 0 Å². The molecular weight excluding hydrogens is 459 g/mol. The standard InChI is InChI=1S/C29H27FN2O4/c1-34-23-13-8-18(9-14-23)27-20(15-19-7-10-21(30)16-25(19)31-27)17-32(22-11-12-22)29(33)24-5-4-6-26(35-2)28(24)36-3/h4-10,13-16,22H,11-12,17H2,1-3H3. The van der Waals surface area contributed by atoms with Crippen LogP contribution in [0, 0.1) is 5.82 Å². The Bertz CT molecular complexity index is 1420. The molecule has 0 aliphatic heterocycles. The van der Waals surface area contributed by atoms with E-state index in [0.717, 1.165) is 35.1 Å². The van der Waals surface area contributed by atoms with Crippen molar-refractivity contribution in [1.82, 2.24) is 9.88 Å². The van der Waals surface area contributed by atoms with E-state index >= 15 is 0 Å². The molecule has 36 heavy (non-hydrogen) atoms. The second-order valence-corrected chi connectivity index (χ2v) is 8.77. The van der Waals surface area contributed by atoms with Gasteiger partial charge in [0.15, 0.2) is 11.5 Å². The van der Waals surface area contributed by atoms with Gasteiger partial charge in [-0.05, 0) is 73.0 Å². The topological polar surface area (TPSA) is 60.9 Å². The fraction of sp³-hybridized carbons (Fsp3) is 0.241. The number of hydrogen-bond acceptors (Lipinski definition) is 5. The fourth-order valence-corrected chi connectivity index (χ4v) is 4.45. The van der Waals surface area contributed by atoms with Crippen LogP contribution in [-0.4, -0.2) is 43.2 Å². The van der Waals surface area contributed by atoms with Gasteiger partial charge in [0.1, 0.15) is 11.6 Å². The minimum absolute atomic E-state index is 0.126. The largest absolute Gasteiger partial charge is 0.497 e. The Labute approximate surface area is 209 Å². The molecule has 1 fully saturated rings. The van der Waals surface area contributed by atoms with Crippen molar-refractivity contribution in [2.24, 2.45) is 0 Å². The Morgan fingerprint density at radius 3 is 2.42 bits per heavy atom. The molecule has 1 aliphatic carbocycles. The van der Waals surface area contributed by atoms with Gasteiger partial charge in [0.25, 0.3) is 5.91 Å². The molecule has 1 amide bonds. The third kappa shape index (κ3) is 4.56. The SMILES string of the molecule is COc1ccc(-c2nc3cc(F)ccc3cc2CN(C(=O)c2cccc(OC)c2OC)C2CC2)cc1. The molecule has 0 N–H and O–H groups in total. The number of rotatable bonds is 8. The highest BCUT2D eigenvalue weighted by Gasteiger charge is 2.35. The van der Waals surface area contributed by atoms with E-state index < -0.39 is 0 Å². The van der Waals surface area contributed by atoms with E-state index in [1.807, 2.05) is 35.2 Å². The Hall–Kier alpha value is -4.13. The van der Waals surface area contributed by atoms with E-state index in [1.165, 1.54) is 19.2 Å². The van der Waals surface area contributed by atoms with E-state index in [2.05, 4.69) is 0 Å². The lowest BCUT2D eigenvalue weighted by molar-refractivity contribution is 0.0726. The van der Waals surface area contributed by atoms with Crippen molar-refractivity contribution >= 4 is 16.8 Å². The molecule has 0 radical (unpaired) electrons. The molecule has 0 saturated heterocycles. The number of para-hydroxylation sites is 1. The summed E-state index contributed by atoms with van der Waals surface area (Å²) in [7, 11) is 4.70. The summed E-state index contributed by atoms with van der Waals surface area (Å²) >= 11 is 0. The molecule has 1 saturated carbocycles. The maximum Gasteiger partial charge on any atom is 0.258 e. The predicted octanol–water partition coefficient (Wildman–Crippen LogP) is 5.87. The molecular formula is C29H27FN2O4. The van der Waals surface area contributed by atoms with Gasteiger partial charge in [-0.3, -0.25) is 4.79 Å². The fourth-order valence-electron chi connectivity index (χ4n) is 4.45. The van der Waals surface area contributed by atoms with Crippen molar-refractivity contribution in [2.45, 2.75) is 25.4 Å². The van der Waals surface area contributed by atoms with Crippen molar-refractivity contribution in [3.05, 3.63) is 83.7 Å².